The van der Waals surface area contributed by atoms with Crippen LogP contribution in [0.2, 0.25) is 0 Å². The zero-order valence-electron chi connectivity index (χ0n) is 11.1. The highest BCUT2D eigenvalue weighted by molar-refractivity contribution is 5.92. The Morgan fingerprint density at radius 1 is 1.37 bits per heavy atom. The van der Waals surface area contributed by atoms with Crippen LogP contribution in [0.4, 0.5) is 5.69 Å². The van der Waals surface area contributed by atoms with Crippen molar-refractivity contribution >= 4 is 11.6 Å². The van der Waals surface area contributed by atoms with Crippen LogP contribution in [-0.2, 0) is 13.0 Å². The Balaban J connectivity index is 1.83. The van der Waals surface area contributed by atoms with Crippen LogP contribution in [0.25, 0.3) is 0 Å². The number of rotatable bonds is 5. The largest absolute Gasteiger partial charge is 0.370 e. The van der Waals surface area contributed by atoms with Gasteiger partial charge in [-0.3, -0.25) is 9.67 Å². The number of hydrogen-bond acceptors (Lipinski definition) is 2. The van der Waals surface area contributed by atoms with E-state index in [-0.39, 0.29) is 0 Å². The maximum Gasteiger partial charge on any atom is 0.193 e. The maximum atomic E-state index is 5.82. The molecule has 2 aromatic rings. The van der Waals surface area contributed by atoms with E-state index in [1.807, 2.05) is 29.1 Å². The molecule has 0 atom stereocenters. The molecule has 2 rings (SSSR count). The zero-order chi connectivity index (χ0) is 13.5. The van der Waals surface area contributed by atoms with Gasteiger partial charge >= 0.3 is 0 Å². The van der Waals surface area contributed by atoms with E-state index in [4.69, 9.17) is 5.73 Å². The summed E-state index contributed by atoms with van der Waals surface area (Å²) in [6.45, 7) is 3.46. The average Bonchev–Trinajstić information content (AvgIpc) is 2.93. The van der Waals surface area contributed by atoms with Crippen LogP contribution in [0.1, 0.15) is 12.5 Å². The third-order valence-corrected chi connectivity index (χ3v) is 2.81. The number of nitrogens with two attached hydrogens (primary N) is 1. The third-order valence-electron chi connectivity index (χ3n) is 2.81. The van der Waals surface area contributed by atoms with Crippen molar-refractivity contribution in [2.45, 2.75) is 19.9 Å². The van der Waals surface area contributed by atoms with Crippen LogP contribution >= 0.6 is 0 Å². The molecular weight excluding hydrogens is 238 g/mol. The number of nitrogens with zero attached hydrogens (tertiary/aromatic N) is 3. The summed E-state index contributed by atoms with van der Waals surface area (Å²) in [7, 11) is 0. The Morgan fingerprint density at radius 3 is 2.79 bits per heavy atom. The highest BCUT2D eigenvalue weighted by atomic mass is 15.3. The second-order valence-electron chi connectivity index (χ2n) is 4.21. The monoisotopic (exact) mass is 257 g/mol. The standard InChI is InChI=1S/C14H19N5/c1-2-12-4-6-13(7-5-12)18-14(15)16-9-11-19-10-3-8-17-19/h3-8,10H,2,9,11H2,1H3,(H3,15,16,18). The summed E-state index contributed by atoms with van der Waals surface area (Å²) in [5.74, 6) is 0.427. The van der Waals surface area contributed by atoms with Crippen molar-refractivity contribution in [3.8, 4) is 0 Å². The molecule has 5 heteroatoms. The van der Waals surface area contributed by atoms with Crippen molar-refractivity contribution in [2.24, 2.45) is 10.7 Å². The zero-order valence-corrected chi connectivity index (χ0v) is 11.1. The van der Waals surface area contributed by atoms with Crippen LogP contribution < -0.4 is 11.1 Å². The minimum atomic E-state index is 0.427. The van der Waals surface area contributed by atoms with Gasteiger partial charge in [-0.05, 0) is 30.2 Å². The highest BCUT2D eigenvalue weighted by Gasteiger charge is 1.95. The van der Waals surface area contributed by atoms with E-state index in [2.05, 4.69) is 34.5 Å². The van der Waals surface area contributed by atoms with Gasteiger partial charge in [0.25, 0.3) is 0 Å². The fourth-order valence-electron chi connectivity index (χ4n) is 1.72. The molecule has 0 bridgehead atoms. The summed E-state index contributed by atoms with van der Waals surface area (Å²) in [5.41, 5.74) is 8.09. The van der Waals surface area contributed by atoms with Gasteiger partial charge in [0.2, 0.25) is 0 Å². The van der Waals surface area contributed by atoms with Gasteiger partial charge in [0, 0.05) is 18.1 Å². The number of aromatic nitrogens is 2. The molecule has 5 nitrogen and oxygen atoms in total. The lowest BCUT2D eigenvalue weighted by Gasteiger charge is -2.06. The molecule has 0 fully saturated rings. The molecule has 0 aliphatic carbocycles. The van der Waals surface area contributed by atoms with Crippen molar-refractivity contribution in [3.05, 3.63) is 48.3 Å². The van der Waals surface area contributed by atoms with E-state index in [9.17, 15) is 0 Å². The van der Waals surface area contributed by atoms with Gasteiger partial charge in [-0.15, -0.1) is 0 Å². The number of aryl methyl sites for hydroxylation is 1. The number of hydrogen-bond donors (Lipinski definition) is 2. The lowest BCUT2D eigenvalue weighted by atomic mass is 10.1. The molecule has 1 aromatic carbocycles. The lowest BCUT2D eigenvalue weighted by molar-refractivity contribution is 0.625. The van der Waals surface area contributed by atoms with E-state index in [0.29, 0.717) is 12.5 Å². The Morgan fingerprint density at radius 2 is 2.16 bits per heavy atom. The Hall–Kier alpha value is -2.30. The van der Waals surface area contributed by atoms with Crippen molar-refractivity contribution in [3.63, 3.8) is 0 Å². The topological polar surface area (TPSA) is 68.2 Å². The van der Waals surface area contributed by atoms with E-state index in [0.717, 1.165) is 18.7 Å². The Bertz CT molecular complexity index is 513. The predicted octanol–water partition coefficient (Wildman–Crippen LogP) is 1.87. The maximum absolute atomic E-state index is 5.82. The van der Waals surface area contributed by atoms with Gasteiger partial charge in [-0.25, -0.2) is 0 Å². The predicted molar refractivity (Wildman–Crippen MR) is 78.2 cm³/mol. The minimum Gasteiger partial charge on any atom is -0.370 e. The molecule has 19 heavy (non-hydrogen) atoms. The first-order valence-electron chi connectivity index (χ1n) is 6.41. The van der Waals surface area contributed by atoms with Gasteiger partial charge in [0.1, 0.15) is 0 Å². The highest BCUT2D eigenvalue weighted by Crippen LogP contribution is 2.09. The van der Waals surface area contributed by atoms with Crippen LogP contribution in [0, 0.1) is 0 Å². The second-order valence-corrected chi connectivity index (χ2v) is 4.21. The summed E-state index contributed by atoms with van der Waals surface area (Å²) in [6.07, 6.45) is 4.69. The SMILES string of the molecule is CCc1ccc(NC(N)=NCCn2cccn2)cc1. The molecule has 1 heterocycles. The minimum absolute atomic E-state index is 0.427. The molecule has 0 aliphatic rings. The molecule has 0 amide bonds. The molecule has 1 aromatic heterocycles. The molecule has 3 N–H and O–H groups in total. The average molecular weight is 257 g/mol. The summed E-state index contributed by atoms with van der Waals surface area (Å²) in [5, 5.41) is 7.17. The quantitative estimate of drug-likeness (QED) is 0.634. The smallest absolute Gasteiger partial charge is 0.193 e. The summed E-state index contributed by atoms with van der Waals surface area (Å²) in [4.78, 5) is 4.26. The second kappa shape index (κ2) is 6.58. The fraction of sp³-hybridized carbons (Fsp3) is 0.286. The van der Waals surface area contributed by atoms with E-state index >= 15 is 0 Å². The van der Waals surface area contributed by atoms with E-state index in [1.54, 1.807) is 6.20 Å². The molecule has 0 unspecified atom stereocenters. The van der Waals surface area contributed by atoms with Crippen LogP contribution in [0.15, 0.2) is 47.7 Å². The lowest BCUT2D eigenvalue weighted by Crippen LogP contribution is -2.23. The molecule has 0 saturated carbocycles. The van der Waals surface area contributed by atoms with E-state index in [1.165, 1.54) is 5.56 Å². The molecule has 0 aliphatic heterocycles. The first-order valence-corrected chi connectivity index (χ1v) is 6.41. The van der Waals surface area contributed by atoms with E-state index < -0.39 is 0 Å². The molecule has 0 spiro atoms. The van der Waals surface area contributed by atoms with Crippen molar-refractivity contribution in [1.29, 1.82) is 0 Å². The first-order chi connectivity index (χ1) is 9.28. The molecule has 0 saturated heterocycles. The number of aliphatic imine (C=N–C) groups is 1. The molecule has 100 valence electrons. The summed E-state index contributed by atoms with van der Waals surface area (Å²) < 4.78 is 1.83. The number of benzene rings is 1. The summed E-state index contributed by atoms with van der Waals surface area (Å²) >= 11 is 0. The third kappa shape index (κ3) is 4.13. The number of nitrogens with one attached hydrogen (secondary N) is 1. The van der Waals surface area contributed by atoms with Gasteiger partial charge in [-0.1, -0.05) is 19.1 Å². The number of anilines is 1. The van der Waals surface area contributed by atoms with Crippen molar-refractivity contribution < 1.29 is 0 Å². The number of guanidine groups is 1. The summed E-state index contributed by atoms with van der Waals surface area (Å²) in [6, 6.07) is 10.1. The van der Waals surface area contributed by atoms with Gasteiger partial charge < -0.3 is 11.1 Å². The van der Waals surface area contributed by atoms with Crippen molar-refractivity contribution in [1.82, 2.24) is 9.78 Å². The van der Waals surface area contributed by atoms with Gasteiger partial charge in [0.15, 0.2) is 5.96 Å². The van der Waals surface area contributed by atoms with Crippen LogP contribution in [-0.4, -0.2) is 22.3 Å². The Kier molecular flexibility index (Phi) is 4.55. The van der Waals surface area contributed by atoms with Crippen LogP contribution in [0.3, 0.4) is 0 Å². The molecular formula is C14H19N5. The van der Waals surface area contributed by atoms with Crippen molar-refractivity contribution in [2.75, 3.05) is 11.9 Å². The first kappa shape index (κ1) is 13.1. The fourth-order valence-corrected chi connectivity index (χ4v) is 1.72. The Labute approximate surface area is 113 Å². The normalized spacial score (nSPS) is 11.5. The van der Waals surface area contributed by atoms with Crippen LogP contribution in [0.5, 0.6) is 0 Å². The van der Waals surface area contributed by atoms with Gasteiger partial charge in [0.05, 0.1) is 13.1 Å². The molecule has 0 radical (unpaired) electrons. The van der Waals surface area contributed by atoms with Gasteiger partial charge in [-0.2, -0.15) is 5.10 Å².